The minimum atomic E-state index is 0.167. The van der Waals surface area contributed by atoms with E-state index in [-0.39, 0.29) is 5.78 Å². The molecule has 24 valence electrons. The lowest BCUT2D eigenvalue weighted by Crippen LogP contribution is -1.69. The smallest absolute Gasteiger partial charge is 0.126 e. The van der Waals surface area contributed by atoms with Crippen molar-refractivity contribution < 1.29 is 4.79 Å². The molecular weight excluding hydrogens is 54.0 g/mol. The van der Waals surface area contributed by atoms with Crippen molar-refractivity contribution in [1.29, 1.82) is 0 Å². The Bertz CT molecular complexity index is 26.3. The Morgan fingerprint density at radius 1 is 1.50 bits per heavy atom. The van der Waals surface area contributed by atoms with Gasteiger partial charge in [0.25, 0.3) is 0 Å². The lowest BCUT2D eigenvalue weighted by atomic mass is 10.6. The topological polar surface area (TPSA) is 17.1 Å². The Kier molecular flexibility index (Phi) is 0.958. The molecule has 4 heavy (non-hydrogen) atoms. The largest absolute Gasteiger partial charge is 0.300 e. The summed E-state index contributed by atoms with van der Waals surface area (Å²) in [6.07, 6.45) is 0. The minimum absolute atomic E-state index is 0.167. The van der Waals surface area contributed by atoms with E-state index in [4.69, 9.17) is 0 Å². The van der Waals surface area contributed by atoms with Crippen LogP contribution in [0.25, 0.3) is 0 Å². The van der Waals surface area contributed by atoms with Crippen LogP contribution in [0.5, 0.6) is 0 Å². The first kappa shape index (κ1) is 3.67. The Balaban J connectivity index is 2.80. The molecule has 0 rings (SSSR count). The van der Waals surface area contributed by atoms with Crippen LogP contribution >= 0.6 is 0 Å². The van der Waals surface area contributed by atoms with Crippen LogP contribution in [0.2, 0.25) is 0 Å². The number of Topliss-reactive ketones (excluding diaryl/α,β-unsaturated/α-hetero) is 1. The third-order valence-corrected chi connectivity index (χ3v) is 0. The molecule has 0 amide bonds. The maximum atomic E-state index is 9.44. The molecule has 0 atom stereocenters. The zero-order chi connectivity index (χ0) is 3.58. The second-order valence-corrected chi connectivity index (χ2v) is 0.908. The molecule has 1 nitrogen and oxygen atoms in total. The van der Waals surface area contributed by atoms with E-state index in [0.29, 0.717) is 0 Å². The predicted molar refractivity (Wildman–Crippen MR) is 16.4 cm³/mol. The van der Waals surface area contributed by atoms with E-state index in [2.05, 4.69) is 0 Å². The third kappa shape index (κ3) is 6.88. The highest BCUT2D eigenvalue weighted by molar-refractivity contribution is 5.72. The zero-order valence-corrected chi connectivity index (χ0v) is 2.91. The van der Waals surface area contributed by atoms with Gasteiger partial charge >= 0.3 is 0 Å². The maximum absolute atomic E-state index is 9.44. The van der Waals surface area contributed by atoms with Crippen LogP contribution in [0.15, 0.2) is 0 Å². The average Bonchev–Trinajstić information content (AvgIpc) is 0.811. The van der Waals surface area contributed by atoms with Crippen molar-refractivity contribution in [3.05, 3.63) is 0 Å². The van der Waals surface area contributed by atoms with Crippen LogP contribution in [0.4, 0.5) is 0 Å². The van der Waals surface area contributed by atoms with E-state index in [1.165, 1.54) is 13.8 Å². The Hall–Kier alpha value is -0.330. The Morgan fingerprint density at radius 2 is 1.50 bits per heavy atom. The Morgan fingerprint density at radius 3 is 1.50 bits per heavy atom. The molecule has 0 fully saturated rings. The first-order valence-corrected chi connectivity index (χ1v) is 1.20. The number of hydrogen-bond acceptors (Lipinski definition) is 1. The molecule has 0 N–H and O–H groups in total. The third-order valence-electron chi connectivity index (χ3n) is 0. The molecule has 0 aromatic heterocycles. The zero-order valence-electron chi connectivity index (χ0n) is 2.91. The lowest BCUT2D eigenvalue weighted by molar-refractivity contribution is -0.114. The van der Waals surface area contributed by atoms with Crippen molar-refractivity contribution in [2.24, 2.45) is 0 Å². The lowest BCUT2D eigenvalue weighted by Gasteiger charge is -1.56. The fraction of sp³-hybridized carbons (Fsp3) is 0.667. The Labute approximate surface area is 25.6 Å². The molecule has 0 saturated carbocycles. The fourth-order valence-corrected chi connectivity index (χ4v) is 0. The van der Waals surface area contributed by atoms with Gasteiger partial charge in [-0.25, -0.2) is 0 Å². The molecular formula is C3H6O. The highest BCUT2D eigenvalue weighted by Crippen LogP contribution is 1.50. The van der Waals surface area contributed by atoms with Gasteiger partial charge in [0.15, 0.2) is 0 Å². The summed E-state index contributed by atoms with van der Waals surface area (Å²) < 4.78 is 0. The van der Waals surface area contributed by atoms with Crippen molar-refractivity contribution in [3.63, 3.8) is 0 Å². The molecule has 0 heterocycles. The number of ketones is 1. The van der Waals surface area contributed by atoms with Gasteiger partial charge < -0.3 is 4.79 Å². The molecule has 0 aliphatic rings. The van der Waals surface area contributed by atoms with Gasteiger partial charge in [0, 0.05) is 0 Å². The van der Waals surface area contributed by atoms with Gasteiger partial charge in [0.05, 0.1) is 0 Å². The fourth-order valence-electron chi connectivity index (χ4n) is 0. The summed E-state index contributed by atoms with van der Waals surface area (Å²) in [4.78, 5) is 9.44. The van der Waals surface area contributed by atoms with Crippen LogP contribution < -0.4 is 0 Å². The number of rotatable bonds is 0. The van der Waals surface area contributed by atoms with Crippen molar-refractivity contribution in [2.45, 2.75) is 13.8 Å². The molecule has 0 radical (unpaired) electrons. The first-order valence-electron chi connectivity index (χ1n) is 1.20. The van der Waals surface area contributed by atoms with Gasteiger partial charge in [0.1, 0.15) is 5.78 Å². The van der Waals surface area contributed by atoms with Crippen molar-refractivity contribution in [2.75, 3.05) is 0 Å². The highest BCUT2D eigenvalue weighted by Gasteiger charge is 1.62. The van der Waals surface area contributed by atoms with Gasteiger partial charge in [-0.05, 0) is 13.8 Å². The highest BCUT2D eigenvalue weighted by atomic mass is 18.1. The van der Waals surface area contributed by atoms with Crippen molar-refractivity contribution in [1.82, 2.24) is 0 Å². The van der Waals surface area contributed by atoms with E-state index in [1.54, 1.807) is 0 Å². The summed E-state index contributed by atoms with van der Waals surface area (Å²) in [6, 6.07) is 0. The molecule has 0 bridgehead atoms. The second kappa shape index (κ2) is 1.04. The van der Waals surface area contributed by atoms with E-state index in [1.807, 2.05) is 0 Å². The minimum Gasteiger partial charge on any atom is -0.300 e. The SMILES string of the molecule is CC(C)=[18O]. The first-order chi connectivity index (χ1) is 1.73. The normalized spacial score (nSPS) is 6.50. The van der Waals surface area contributed by atoms with Gasteiger partial charge in [0.2, 0.25) is 0 Å². The molecule has 1 heteroatoms. The summed E-state index contributed by atoms with van der Waals surface area (Å²) in [5.41, 5.74) is 0. The molecule has 0 aromatic rings. The summed E-state index contributed by atoms with van der Waals surface area (Å²) in [5, 5.41) is 0. The van der Waals surface area contributed by atoms with Crippen LogP contribution in [-0.4, -0.2) is 5.78 Å². The van der Waals surface area contributed by atoms with Gasteiger partial charge in [-0.1, -0.05) is 0 Å². The van der Waals surface area contributed by atoms with E-state index in [0.717, 1.165) is 0 Å². The van der Waals surface area contributed by atoms with Gasteiger partial charge in [-0.2, -0.15) is 0 Å². The number of carbonyl (C=O) groups is 1. The number of carbonyl (C=O) groups excluding carboxylic acids is 1. The quantitative estimate of drug-likeness (QED) is 0.374. The summed E-state index contributed by atoms with van der Waals surface area (Å²) in [5.74, 6) is 0.167. The second-order valence-electron chi connectivity index (χ2n) is 0.908. The van der Waals surface area contributed by atoms with Crippen molar-refractivity contribution >= 4 is 5.78 Å². The van der Waals surface area contributed by atoms with Gasteiger partial charge in [-0.3, -0.25) is 0 Å². The van der Waals surface area contributed by atoms with Gasteiger partial charge in [-0.15, -0.1) is 0 Å². The molecule has 0 aliphatic carbocycles. The maximum Gasteiger partial charge on any atom is 0.126 e. The summed E-state index contributed by atoms with van der Waals surface area (Å²) in [6.45, 7) is 3.06. The summed E-state index contributed by atoms with van der Waals surface area (Å²) in [7, 11) is 0. The molecule has 0 aliphatic heterocycles. The van der Waals surface area contributed by atoms with Crippen LogP contribution in [0.3, 0.4) is 0 Å². The van der Waals surface area contributed by atoms with Crippen LogP contribution in [-0.2, 0) is 4.79 Å². The van der Waals surface area contributed by atoms with Crippen LogP contribution in [0.1, 0.15) is 13.8 Å². The average molecular weight is 60.1 g/mol. The monoisotopic (exact) mass is 60.0 g/mol. The summed E-state index contributed by atoms with van der Waals surface area (Å²) >= 11 is 0. The predicted octanol–water partition coefficient (Wildman–Crippen LogP) is 0.595. The standard InChI is InChI=1S/C3H6O/c1-3(2)4/h1-2H3/i4+2. The molecule has 0 unspecified atom stereocenters. The van der Waals surface area contributed by atoms with E-state index >= 15 is 0 Å². The van der Waals surface area contributed by atoms with E-state index in [9.17, 15) is 4.79 Å². The molecule has 0 saturated heterocycles. The van der Waals surface area contributed by atoms with Crippen LogP contribution in [0, 0.1) is 0 Å². The number of hydrogen-bond donors (Lipinski definition) is 0. The van der Waals surface area contributed by atoms with E-state index < -0.39 is 0 Å². The molecule has 0 spiro atoms. The van der Waals surface area contributed by atoms with Crippen molar-refractivity contribution in [3.8, 4) is 0 Å². The molecule has 0 aromatic carbocycles.